The van der Waals surface area contributed by atoms with E-state index in [4.69, 9.17) is 9.47 Å². The fraction of sp³-hybridized carbons (Fsp3) is 0.600. The Kier molecular flexibility index (Phi) is 5.14. The molecular formula is C15H23N3O3. The van der Waals surface area contributed by atoms with Crippen molar-refractivity contribution in [2.45, 2.75) is 26.5 Å². The van der Waals surface area contributed by atoms with Gasteiger partial charge in [0.15, 0.2) is 0 Å². The van der Waals surface area contributed by atoms with Crippen molar-refractivity contribution in [2.75, 3.05) is 33.9 Å². The molecule has 1 aliphatic rings. The van der Waals surface area contributed by atoms with E-state index in [1.807, 2.05) is 27.0 Å². The van der Waals surface area contributed by atoms with Gasteiger partial charge in [0.05, 0.1) is 13.7 Å². The average molecular weight is 293 g/mol. The zero-order valence-corrected chi connectivity index (χ0v) is 13.1. The first-order valence-electron chi connectivity index (χ1n) is 7.10. The van der Waals surface area contributed by atoms with Crippen molar-refractivity contribution in [1.82, 2.24) is 15.2 Å². The van der Waals surface area contributed by atoms with Crippen LogP contribution >= 0.6 is 0 Å². The zero-order chi connectivity index (χ0) is 15.4. The number of methoxy groups -OCH3 is 1. The molecule has 0 spiro atoms. The van der Waals surface area contributed by atoms with Crippen molar-refractivity contribution in [2.24, 2.45) is 0 Å². The summed E-state index contributed by atoms with van der Waals surface area (Å²) in [7, 11) is 3.58. The Morgan fingerprint density at radius 2 is 2.33 bits per heavy atom. The molecule has 2 rings (SSSR count). The summed E-state index contributed by atoms with van der Waals surface area (Å²) < 4.78 is 10.8. The lowest BCUT2D eigenvalue weighted by atomic mass is 10.1. The number of aryl methyl sites for hydroxylation is 2. The largest absolute Gasteiger partial charge is 0.481 e. The van der Waals surface area contributed by atoms with E-state index in [1.54, 1.807) is 7.11 Å². The number of carbonyl (C=O) groups excluding carboxylic acids is 1. The molecule has 116 valence electrons. The van der Waals surface area contributed by atoms with E-state index in [0.29, 0.717) is 25.6 Å². The smallest absolute Gasteiger partial charge is 0.250 e. The number of likely N-dealkylation sites (N-methyl/N-ethyl adjacent to an activating group) is 1. The molecule has 0 saturated carbocycles. The summed E-state index contributed by atoms with van der Waals surface area (Å²) in [6.45, 7) is 6.37. The fourth-order valence-corrected chi connectivity index (χ4v) is 2.44. The third-order valence-corrected chi connectivity index (χ3v) is 3.63. The van der Waals surface area contributed by atoms with Crippen molar-refractivity contribution in [3.05, 3.63) is 22.9 Å². The second-order valence-corrected chi connectivity index (χ2v) is 5.41. The molecule has 1 saturated heterocycles. The van der Waals surface area contributed by atoms with E-state index in [-0.39, 0.29) is 5.91 Å². The summed E-state index contributed by atoms with van der Waals surface area (Å²) >= 11 is 0. The van der Waals surface area contributed by atoms with E-state index in [0.717, 1.165) is 23.4 Å². The SMILES string of the molecule is COc1nc(C)cc(C)c1CNC(=O)[C@H]1CN(C)CCO1. The first-order chi connectivity index (χ1) is 10.0. The van der Waals surface area contributed by atoms with Crippen LogP contribution in [0.25, 0.3) is 0 Å². The minimum Gasteiger partial charge on any atom is -0.481 e. The minimum atomic E-state index is -0.409. The highest BCUT2D eigenvalue weighted by Crippen LogP contribution is 2.20. The van der Waals surface area contributed by atoms with Gasteiger partial charge in [0.25, 0.3) is 5.91 Å². The van der Waals surface area contributed by atoms with Gasteiger partial charge in [-0.25, -0.2) is 4.98 Å². The van der Waals surface area contributed by atoms with Crippen molar-refractivity contribution >= 4 is 5.91 Å². The van der Waals surface area contributed by atoms with Crippen LogP contribution in [0.4, 0.5) is 0 Å². The second kappa shape index (κ2) is 6.87. The molecular weight excluding hydrogens is 270 g/mol. The molecule has 1 N–H and O–H groups in total. The van der Waals surface area contributed by atoms with Gasteiger partial charge in [-0.3, -0.25) is 4.79 Å². The number of pyridine rings is 1. The van der Waals surface area contributed by atoms with Gasteiger partial charge in [-0.05, 0) is 32.5 Å². The van der Waals surface area contributed by atoms with Gasteiger partial charge in [-0.1, -0.05) is 0 Å². The molecule has 6 nitrogen and oxygen atoms in total. The predicted molar refractivity (Wildman–Crippen MR) is 79.3 cm³/mol. The van der Waals surface area contributed by atoms with Gasteiger partial charge in [0.1, 0.15) is 6.10 Å². The third-order valence-electron chi connectivity index (χ3n) is 3.63. The molecule has 1 aromatic rings. The van der Waals surface area contributed by atoms with E-state index in [1.165, 1.54) is 0 Å². The van der Waals surface area contributed by atoms with Crippen LogP contribution < -0.4 is 10.1 Å². The molecule has 6 heteroatoms. The van der Waals surface area contributed by atoms with Crippen LogP contribution in [0.3, 0.4) is 0 Å². The van der Waals surface area contributed by atoms with Crippen molar-refractivity contribution in [3.8, 4) is 5.88 Å². The summed E-state index contributed by atoms with van der Waals surface area (Å²) in [5.74, 6) is 0.470. The van der Waals surface area contributed by atoms with E-state index < -0.39 is 6.10 Å². The van der Waals surface area contributed by atoms with Gasteiger partial charge >= 0.3 is 0 Å². The number of hydrogen-bond acceptors (Lipinski definition) is 5. The van der Waals surface area contributed by atoms with E-state index in [2.05, 4.69) is 15.2 Å². The molecule has 1 aromatic heterocycles. The number of ether oxygens (including phenoxy) is 2. The van der Waals surface area contributed by atoms with Gasteiger partial charge in [-0.15, -0.1) is 0 Å². The maximum atomic E-state index is 12.2. The average Bonchev–Trinajstić information content (AvgIpc) is 2.45. The van der Waals surface area contributed by atoms with Crippen LogP contribution in [0.15, 0.2) is 6.07 Å². The highest BCUT2D eigenvalue weighted by atomic mass is 16.5. The van der Waals surface area contributed by atoms with Gasteiger partial charge in [-0.2, -0.15) is 0 Å². The molecule has 1 fully saturated rings. The molecule has 0 unspecified atom stereocenters. The zero-order valence-electron chi connectivity index (χ0n) is 13.1. The standard InChI is InChI=1S/C15H23N3O3/c1-10-7-11(2)17-15(20-4)12(10)8-16-14(19)13-9-18(3)5-6-21-13/h7,13H,5-6,8-9H2,1-4H3,(H,16,19)/t13-/m1/s1. The Morgan fingerprint density at radius 3 is 3.00 bits per heavy atom. The number of hydrogen-bond donors (Lipinski definition) is 1. The molecule has 2 heterocycles. The molecule has 0 radical (unpaired) electrons. The quantitative estimate of drug-likeness (QED) is 0.883. The molecule has 0 aliphatic carbocycles. The second-order valence-electron chi connectivity index (χ2n) is 5.41. The lowest BCUT2D eigenvalue weighted by Crippen LogP contribution is -2.48. The number of aromatic nitrogens is 1. The summed E-state index contributed by atoms with van der Waals surface area (Å²) in [4.78, 5) is 18.6. The number of morpholine rings is 1. The van der Waals surface area contributed by atoms with Crippen LogP contribution in [0.5, 0.6) is 5.88 Å². The summed E-state index contributed by atoms with van der Waals surface area (Å²) in [5, 5.41) is 2.91. The predicted octanol–water partition coefficient (Wildman–Crippen LogP) is 0.654. The Balaban J connectivity index is 2.01. The Hall–Kier alpha value is -1.66. The number of nitrogens with one attached hydrogen (secondary N) is 1. The Bertz CT molecular complexity index is 519. The van der Waals surface area contributed by atoms with Gasteiger partial charge in [0, 0.05) is 30.9 Å². The monoisotopic (exact) mass is 293 g/mol. The lowest BCUT2D eigenvalue weighted by molar-refractivity contribution is -0.138. The number of carbonyl (C=O) groups is 1. The third kappa shape index (κ3) is 3.92. The van der Waals surface area contributed by atoms with Crippen LogP contribution in [-0.4, -0.2) is 55.7 Å². The van der Waals surface area contributed by atoms with Gasteiger partial charge in [0.2, 0.25) is 5.88 Å². The highest BCUT2D eigenvalue weighted by Gasteiger charge is 2.25. The maximum absolute atomic E-state index is 12.2. The van der Waals surface area contributed by atoms with Crippen molar-refractivity contribution < 1.29 is 14.3 Å². The molecule has 1 aliphatic heterocycles. The van der Waals surface area contributed by atoms with Crippen molar-refractivity contribution in [1.29, 1.82) is 0 Å². The normalized spacial score (nSPS) is 19.3. The van der Waals surface area contributed by atoms with Gasteiger partial charge < -0.3 is 19.7 Å². The summed E-state index contributed by atoms with van der Waals surface area (Å²) in [6, 6.07) is 1.98. The molecule has 21 heavy (non-hydrogen) atoms. The topological polar surface area (TPSA) is 63.7 Å². The number of rotatable bonds is 4. The molecule has 1 amide bonds. The fourth-order valence-electron chi connectivity index (χ4n) is 2.44. The van der Waals surface area contributed by atoms with E-state index >= 15 is 0 Å². The van der Waals surface area contributed by atoms with Crippen LogP contribution in [-0.2, 0) is 16.1 Å². The molecule has 0 aromatic carbocycles. The van der Waals surface area contributed by atoms with Crippen LogP contribution in [0.2, 0.25) is 0 Å². The van der Waals surface area contributed by atoms with Crippen molar-refractivity contribution in [3.63, 3.8) is 0 Å². The summed E-state index contributed by atoms with van der Waals surface area (Å²) in [6.07, 6.45) is -0.409. The van der Waals surface area contributed by atoms with Crippen LogP contribution in [0.1, 0.15) is 16.8 Å². The first kappa shape index (κ1) is 15.7. The van der Waals surface area contributed by atoms with Crippen LogP contribution in [0, 0.1) is 13.8 Å². The number of amides is 1. The number of nitrogens with zero attached hydrogens (tertiary/aromatic N) is 2. The first-order valence-corrected chi connectivity index (χ1v) is 7.10. The molecule has 1 atom stereocenters. The molecule has 0 bridgehead atoms. The minimum absolute atomic E-state index is 0.0939. The van der Waals surface area contributed by atoms with E-state index in [9.17, 15) is 4.79 Å². The Morgan fingerprint density at radius 1 is 1.57 bits per heavy atom. The Labute approximate surface area is 125 Å². The highest BCUT2D eigenvalue weighted by molar-refractivity contribution is 5.81. The lowest BCUT2D eigenvalue weighted by Gasteiger charge is -2.29. The summed E-state index contributed by atoms with van der Waals surface area (Å²) in [5.41, 5.74) is 2.86. The maximum Gasteiger partial charge on any atom is 0.250 e.